The van der Waals surface area contributed by atoms with Crippen LogP contribution in [-0.2, 0) is 0 Å². The van der Waals surface area contributed by atoms with E-state index >= 15 is 0 Å². The van der Waals surface area contributed by atoms with Crippen molar-refractivity contribution in [3.8, 4) is 45.2 Å². The van der Waals surface area contributed by atoms with Gasteiger partial charge in [0.15, 0.2) is 5.82 Å². The Morgan fingerprint density at radius 2 is 1.35 bits per heavy atom. The summed E-state index contributed by atoms with van der Waals surface area (Å²) in [7, 11) is 0. The standard InChI is InChI=1S/C40H30N6/c1-2-16-38-33(11-1)39(31-23-27(34-12-3-7-17-41-34)21-28(24-31)35-13-4-8-18-42-35)46-40(45-38)32-25-29(36-14-5-9-19-43-36)22-30(26-32)37-15-6-10-20-44-37/h1-12,14-19,21-26,35,44H,13,20H2. The predicted octanol–water partition coefficient (Wildman–Crippen LogP) is 8.66. The first-order valence-corrected chi connectivity index (χ1v) is 15.5. The minimum absolute atomic E-state index is 0.0305. The molecule has 1 atom stereocenters. The molecule has 6 nitrogen and oxygen atoms in total. The summed E-state index contributed by atoms with van der Waals surface area (Å²) in [4.78, 5) is 24.6. The van der Waals surface area contributed by atoms with Crippen LogP contribution in [0.5, 0.6) is 0 Å². The highest BCUT2D eigenvalue weighted by Gasteiger charge is 2.19. The van der Waals surface area contributed by atoms with Crippen molar-refractivity contribution in [3.63, 3.8) is 0 Å². The van der Waals surface area contributed by atoms with Crippen molar-refractivity contribution < 1.29 is 0 Å². The van der Waals surface area contributed by atoms with E-state index in [9.17, 15) is 0 Å². The number of para-hydroxylation sites is 1. The topological polar surface area (TPSA) is 76.0 Å². The molecule has 0 spiro atoms. The number of nitrogens with one attached hydrogen (secondary N) is 1. The van der Waals surface area contributed by atoms with E-state index in [1.807, 2.05) is 73.2 Å². The zero-order chi connectivity index (χ0) is 30.7. The number of hydrogen-bond acceptors (Lipinski definition) is 6. The van der Waals surface area contributed by atoms with Crippen molar-refractivity contribution in [2.75, 3.05) is 6.54 Å². The Morgan fingerprint density at radius 3 is 2.09 bits per heavy atom. The van der Waals surface area contributed by atoms with Gasteiger partial charge in [0, 0.05) is 58.5 Å². The van der Waals surface area contributed by atoms with Crippen LogP contribution in [0.4, 0.5) is 0 Å². The summed E-state index contributed by atoms with van der Waals surface area (Å²) < 4.78 is 0. The molecule has 3 aromatic heterocycles. The van der Waals surface area contributed by atoms with Crippen molar-refractivity contribution in [3.05, 3.63) is 151 Å². The largest absolute Gasteiger partial charge is 0.381 e. The maximum Gasteiger partial charge on any atom is 0.160 e. The quantitative estimate of drug-likeness (QED) is 0.209. The molecule has 6 aromatic rings. The molecule has 0 amide bonds. The van der Waals surface area contributed by atoms with Crippen molar-refractivity contribution in [1.82, 2.24) is 25.3 Å². The fraction of sp³-hybridized carbons (Fsp3) is 0.0750. The van der Waals surface area contributed by atoms with Crippen LogP contribution >= 0.6 is 0 Å². The summed E-state index contributed by atoms with van der Waals surface area (Å²) in [6.45, 7) is 0.779. The zero-order valence-electron chi connectivity index (χ0n) is 25.1. The maximum absolute atomic E-state index is 5.33. The molecule has 46 heavy (non-hydrogen) atoms. The molecule has 2 aliphatic rings. The molecule has 0 fully saturated rings. The number of pyridine rings is 2. The van der Waals surface area contributed by atoms with Gasteiger partial charge in [-0.3, -0.25) is 15.0 Å². The third-order valence-corrected chi connectivity index (χ3v) is 8.30. The number of nitrogens with zero attached hydrogens (tertiary/aromatic N) is 5. The third-order valence-electron chi connectivity index (χ3n) is 8.30. The van der Waals surface area contributed by atoms with Gasteiger partial charge in [0.25, 0.3) is 0 Å². The SMILES string of the molecule is C1=CCNC(c2cc(-c3ccccn3)cc(-c3nc(-c4cc(-c5ccccn5)cc(C5CC=CC=N5)c4)c4ccccc4n3)c2)=C1. The molecule has 8 rings (SSSR count). The minimum Gasteiger partial charge on any atom is -0.381 e. The fourth-order valence-electron chi connectivity index (χ4n) is 6.04. The third kappa shape index (κ3) is 5.53. The molecule has 3 aromatic carbocycles. The molecule has 2 aliphatic heterocycles. The van der Waals surface area contributed by atoms with Gasteiger partial charge in [-0.2, -0.15) is 0 Å². The first kappa shape index (κ1) is 27.5. The molecule has 1 N–H and O–H groups in total. The van der Waals surface area contributed by atoms with E-state index in [1.54, 1.807) is 0 Å². The van der Waals surface area contributed by atoms with Crippen LogP contribution in [0.25, 0.3) is 61.8 Å². The molecular weight excluding hydrogens is 564 g/mol. The lowest BCUT2D eigenvalue weighted by molar-refractivity contribution is 0.741. The Labute approximate surface area is 267 Å². The lowest BCUT2D eigenvalue weighted by Crippen LogP contribution is -2.14. The molecular formula is C40H30N6. The fourth-order valence-corrected chi connectivity index (χ4v) is 6.04. The maximum atomic E-state index is 5.33. The summed E-state index contributed by atoms with van der Waals surface area (Å²) in [6, 6.07) is 33.3. The molecule has 220 valence electrons. The van der Waals surface area contributed by atoms with Crippen LogP contribution in [0.2, 0.25) is 0 Å². The Balaban J connectivity index is 1.34. The van der Waals surface area contributed by atoms with E-state index in [0.29, 0.717) is 5.82 Å². The summed E-state index contributed by atoms with van der Waals surface area (Å²) in [5.74, 6) is 0.656. The van der Waals surface area contributed by atoms with Gasteiger partial charge in [0.05, 0.1) is 28.6 Å². The monoisotopic (exact) mass is 594 g/mol. The zero-order valence-corrected chi connectivity index (χ0v) is 25.1. The average Bonchev–Trinajstić information content (AvgIpc) is 3.15. The van der Waals surface area contributed by atoms with Gasteiger partial charge in [0.2, 0.25) is 0 Å². The van der Waals surface area contributed by atoms with E-state index in [0.717, 1.165) is 80.0 Å². The van der Waals surface area contributed by atoms with E-state index in [2.05, 4.69) is 88.1 Å². The highest BCUT2D eigenvalue weighted by atomic mass is 14.9. The Kier molecular flexibility index (Phi) is 7.29. The van der Waals surface area contributed by atoms with Gasteiger partial charge in [-0.05, 0) is 96.4 Å². The summed E-state index contributed by atoms with van der Waals surface area (Å²) in [5, 5.41) is 4.50. The highest BCUT2D eigenvalue weighted by molar-refractivity contribution is 5.95. The van der Waals surface area contributed by atoms with E-state index in [4.69, 9.17) is 15.0 Å². The Bertz CT molecular complexity index is 2180. The smallest absolute Gasteiger partial charge is 0.160 e. The average molecular weight is 595 g/mol. The summed E-state index contributed by atoms with van der Waals surface area (Å²) in [6.07, 6.45) is 16.9. The second-order valence-electron chi connectivity index (χ2n) is 11.4. The second-order valence-corrected chi connectivity index (χ2v) is 11.4. The van der Waals surface area contributed by atoms with Gasteiger partial charge in [0.1, 0.15) is 0 Å². The highest BCUT2D eigenvalue weighted by Crippen LogP contribution is 2.37. The number of benzene rings is 3. The van der Waals surface area contributed by atoms with E-state index < -0.39 is 0 Å². The lowest BCUT2D eigenvalue weighted by atomic mass is 9.94. The van der Waals surface area contributed by atoms with Crippen molar-refractivity contribution in [2.24, 2.45) is 4.99 Å². The van der Waals surface area contributed by atoms with Gasteiger partial charge < -0.3 is 5.32 Å². The van der Waals surface area contributed by atoms with Crippen LogP contribution in [-0.4, -0.2) is 32.7 Å². The number of aromatic nitrogens is 4. The van der Waals surface area contributed by atoms with Crippen molar-refractivity contribution in [1.29, 1.82) is 0 Å². The number of dihydropyridines is 2. The number of hydrogen-bond donors (Lipinski definition) is 1. The van der Waals surface area contributed by atoms with Crippen LogP contribution in [0.1, 0.15) is 23.6 Å². The molecule has 0 bridgehead atoms. The number of rotatable bonds is 6. The molecule has 0 aliphatic carbocycles. The van der Waals surface area contributed by atoms with Gasteiger partial charge in [-0.25, -0.2) is 9.97 Å². The van der Waals surface area contributed by atoms with Gasteiger partial charge in [-0.15, -0.1) is 0 Å². The molecule has 5 heterocycles. The van der Waals surface area contributed by atoms with Crippen LogP contribution < -0.4 is 5.32 Å². The molecule has 1 unspecified atom stereocenters. The molecule has 0 saturated heterocycles. The van der Waals surface area contributed by atoms with Gasteiger partial charge >= 0.3 is 0 Å². The Hall–Kier alpha value is -6.01. The van der Waals surface area contributed by atoms with Crippen LogP contribution in [0, 0.1) is 0 Å². The molecule has 0 saturated carbocycles. The molecule has 6 heteroatoms. The minimum atomic E-state index is 0.0305. The van der Waals surface area contributed by atoms with Crippen LogP contribution in [0.3, 0.4) is 0 Å². The second kappa shape index (κ2) is 12.2. The van der Waals surface area contributed by atoms with Gasteiger partial charge in [-0.1, -0.05) is 48.6 Å². The van der Waals surface area contributed by atoms with E-state index in [1.165, 1.54) is 0 Å². The lowest BCUT2D eigenvalue weighted by Gasteiger charge is -2.18. The predicted molar refractivity (Wildman–Crippen MR) is 187 cm³/mol. The number of fused-ring (bicyclic) bond motifs is 1. The van der Waals surface area contributed by atoms with E-state index in [-0.39, 0.29) is 6.04 Å². The number of allylic oxidation sites excluding steroid dienone is 3. The Morgan fingerprint density at radius 1 is 0.630 bits per heavy atom. The van der Waals surface area contributed by atoms with Crippen LogP contribution in [0.15, 0.2) is 145 Å². The van der Waals surface area contributed by atoms with Crippen molar-refractivity contribution >= 4 is 22.8 Å². The summed E-state index contributed by atoms with van der Waals surface area (Å²) >= 11 is 0. The molecule has 0 radical (unpaired) electrons. The first-order chi connectivity index (χ1) is 22.8. The first-order valence-electron chi connectivity index (χ1n) is 15.5. The normalized spacial score (nSPS) is 15.5. The summed E-state index contributed by atoms with van der Waals surface area (Å²) in [5.41, 5.74) is 10.8. The van der Waals surface area contributed by atoms with Crippen molar-refractivity contribution in [2.45, 2.75) is 12.5 Å². The number of aliphatic imine (C=N–C) groups is 1.